The van der Waals surface area contributed by atoms with E-state index in [1.807, 2.05) is 13.8 Å². The Bertz CT molecular complexity index is 214. The highest BCUT2D eigenvalue weighted by atomic mass is 16.5. The molecule has 0 aromatic heterocycles. The molecule has 0 spiro atoms. The molecule has 0 aromatic carbocycles. The number of aliphatic hydroxyl groups is 2. The van der Waals surface area contributed by atoms with Gasteiger partial charge in [-0.25, -0.2) is 0 Å². The van der Waals surface area contributed by atoms with Gasteiger partial charge in [0.05, 0.1) is 23.9 Å². The van der Waals surface area contributed by atoms with Crippen molar-refractivity contribution in [2.75, 3.05) is 6.61 Å². The van der Waals surface area contributed by atoms with Crippen LogP contribution in [-0.2, 0) is 4.74 Å². The highest BCUT2D eigenvalue weighted by Crippen LogP contribution is 2.48. The van der Waals surface area contributed by atoms with Crippen molar-refractivity contribution in [3.63, 3.8) is 0 Å². The zero-order valence-corrected chi connectivity index (χ0v) is 8.29. The van der Waals surface area contributed by atoms with E-state index in [0.717, 1.165) is 19.3 Å². The van der Waals surface area contributed by atoms with Gasteiger partial charge >= 0.3 is 0 Å². The van der Waals surface area contributed by atoms with Crippen molar-refractivity contribution < 1.29 is 14.9 Å². The lowest BCUT2D eigenvalue weighted by atomic mass is 9.75. The monoisotopic (exact) mass is 186 g/mol. The zero-order chi connectivity index (χ0) is 9.69. The van der Waals surface area contributed by atoms with Gasteiger partial charge in [-0.2, -0.15) is 0 Å². The van der Waals surface area contributed by atoms with E-state index in [2.05, 4.69) is 0 Å². The summed E-state index contributed by atoms with van der Waals surface area (Å²) in [5.74, 6) is 0.419. The fourth-order valence-electron chi connectivity index (χ4n) is 2.57. The molecule has 0 aromatic rings. The number of ether oxygens (including phenoxy) is 1. The summed E-state index contributed by atoms with van der Waals surface area (Å²) in [5, 5.41) is 19.2. The number of hydrogen-bond acceptors (Lipinski definition) is 3. The number of aliphatic hydroxyl groups excluding tert-OH is 1. The Balaban J connectivity index is 2.20. The first kappa shape index (κ1) is 9.44. The van der Waals surface area contributed by atoms with Crippen molar-refractivity contribution in [1.29, 1.82) is 0 Å². The maximum Gasteiger partial charge on any atom is 0.0918 e. The lowest BCUT2D eigenvalue weighted by molar-refractivity contribution is -0.130. The van der Waals surface area contributed by atoms with E-state index in [4.69, 9.17) is 4.74 Å². The van der Waals surface area contributed by atoms with Crippen LogP contribution < -0.4 is 0 Å². The molecular formula is C10H18O3. The molecule has 2 N–H and O–H groups in total. The minimum absolute atomic E-state index is 0.0598. The van der Waals surface area contributed by atoms with Gasteiger partial charge in [0.1, 0.15) is 0 Å². The minimum Gasteiger partial charge on any atom is -0.393 e. The van der Waals surface area contributed by atoms with Gasteiger partial charge in [0.2, 0.25) is 0 Å². The fourth-order valence-corrected chi connectivity index (χ4v) is 2.57. The standard InChI is InChI=1S/C10H18O3/c1-9(12)4-3-7-5-8(9)13-10(7,2)6-11/h7-8,11-12H,3-6H2,1-2H3/t7-,8-,9+,10-/m0/s1. The molecule has 3 nitrogen and oxygen atoms in total. The Morgan fingerprint density at radius 1 is 1.46 bits per heavy atom. The first-order valence-electron chi connectivity index (χ1n) is 4.99. The zero-order valence-electron chi connectivity index (χ0n) is 8.29. The molecule has 2 aliphatic rings. The van der Waals surface area contributed by atoms with Crippen molar-refractivity contribution in [3.8, 4) is 0 Å². The van der Waals surface area contributed by atoms with Crippen LogP contribution in [0.5, 0.6) is 0 Å². The highest BCUT2D eigenvalue weighted by molar-refractivity contribution is 5.03. The summed E-state index contributed by atoms with van der Waals surface area (Å²) in [5.41, 5.74) is -1.10. The van der Waals surface area contributed by atoms with Crippen LogP contribution in [-0.4, -0.2) is 34.1 Å². The quantitative estimate of drug-likeness (QED) is 0.633. The SMILES string of the molecule is C[C@@]1(O)CC[C@H]2C[C@@H]1O[C@@]2(C)CO. The summed E-state index contributed by atoms with van der Waals surface area (Å²) in [6.45, 7) is 3.83. The smallest absolute Gasteiger partial charge is 0.0918 e. The summed E-state index contributed by atoms with van der Waals surface area (Å²) >= 11 is 0. The van der Waals surface area contributed by atoms with Crippen molar-refractivity contribution in [1.82, 2.24) is 0 Å². The lowest BCUT2D eigenvalue weighted by Gasteiger charge is -2.32. The van der Waals surface area contributed by atoms with Crippen LogP contribution in [0.1, 0.15) is 33.1 Å². The van der Waals surface area contributed by atoms with E-state index in [1.54, 1.807) is 0 Å². The molecule has 1 aliphatic heterocycles. The molecule has 4 atom stereocenters. The van der Waals surface area contributed by atoms with Gasteiger partial charge in [0, 0.05) is 0 Å². The molecule has 13 heavy (non-hydrogen) atoms. The first-order valence-corrected chi connectivity index (χ1v) is 4.99. The van der Waals surface area contributed by atoms with Crippen LogP contribution in [0.15, 0.2) is 0 Å². The summed E-state index contributed by atoms with van der Waals surface area (Å²) in [6, 6.07) is 0. The molecule has 0 unspecified atom stereocenters. The molecule has 1 saturated heterocycles. The van der Waals surface area contributed by atoms with E-state index < -0.39 is 11.2 Å². The maximum atomic E-state index is 9.98. The number of fused-ring (bicyclic) bond motifs is 2. The second-order valence-electron chi connectivity index (χ2n) is 4.91. The van der Waals surface area contributed by atoms with Gasteiger partial charge in [0.25, 0.3) is 0 Å². The van der Waals surface area contributed by atoms with Crippen LogP contribution >= 0.6 is 0 Å². The predicted molar refractivity (Wildman–Crippen MR) is 48.3 cm³/mol. The maximum absolute atomic E-state index is 9.98. The van der Waals surface area contributed by atoms with E-state index in [1.165, 1.54) is 0 Å². The van der Waals surface area contributed by atoms with E-state index >= 15 is 0 Å². The number of hydrogen-bond donors (Lipinski definition) is 2. The highest BCUT2D eigenvalue weighted by Gasteiger charge is 2.53. The van der Waals surface area contributed by atoms with E-state index in [9.17, 15) is 10.2 Å². The molecule has 1 saturated carbocycles. The Morgan fingerprint density at radius 3 is 2.69 bits per heavy atom. The third kappa shape index (κ3) is 1.30. The molecule has 2 rings (SSSR count). The fraction of sp³-hybridized carbons (Fsp3) is 1.00. The minimum atomic E-state index is -0.691. The molecule has 2 fully saturated rings. The normalized spacial score (nSPS) is 55.4. The Labute approximate surface area is 78.7 Å². The summed E-state index contributed by atoms with van der Waals surface area (Å²) < 4.78 is 5.74. The molecule has 2 bridgehead atoms. The molecule has 0 radical (unpaired) electrons. The third-order valence-corrected chi connectivity index (χ3v) is 3.78. The van der Waals surface area contributed by atoms with Crippen LogP contribution in [0.25, 0.3) is 0 Å². The van der Waals surface area contributed by atoms with Gasteiger partial charge < -0.3 is 14.9 Å². The molecule has 76 valence electrons. The first-order chi connectivity index (χ1) is 5.98. The van der Waals surface area contributed by atoms with Gasteiger partial charge in [0.15, 0.2) is 0 Å². The average Bonchev–Trinajstić information content (AvgIpc) is 2.37. The van der Waals surface area contributed by atoms with Crippen molar-refractivity contribution in [2.24, 2.45) is 5.92 Å². The molecule has 0 amide bonds. The second-order valence-corrected chi connectivity index (χ2v) is 4.91. The number of rotatable bonds is 1. The van der Waals surface area contributed by atoms with Gasteiger partial charge in [-0.05, 0) is 39.0 Å². The van der Waals surface area contributed by atoms with Crippen LogP contribution in [0.4, 0.5) is 0 Å². The third-order valence-electron chi connectivity index (χ3n) is 3.78. The van der Waals surface area contributed by atoms with Gasteiger partial charge in [-0.1, -0.05) is 0 Å². The Kier molecular flexibility index (Phi) is 1.95. The Hall–Kier alpha value is -0.120. The molecule has 1 heterocycles. The van der Waals surface area contributed by atoms with Crippen LogP contribution in [0.2, 0.25) is 0 Å². The van der Waals surface area contributed by atoms with Crippen molar-refractivity contribution in [3.05, 3.63) is 0 Å². The summed E-state index contributed by atoms with van der Waals surface area (Å²) in [4.78, 5) is 0. The summed E-state index contributed by atoms with van der Waals surface area (Å²) in [6.07, 6.45) is 2.56. The van der Waals surface area contributed by atoms with Gasteiger partial charge in [-0.3, -0.25) is 0 Å². The second kappa shape index (κ2) is 2.69. The summed E-state index contributed by atoms with van der Waals surface area (Å²) in [7, 11) is 0. The predicted octanol–water partition coefficient (Wildman–Crippen LogP) is 0.687. The van der Waals surface area contributed by atoms with E-state index in [-0.39, 0.29) is 12.7 Å². The van der Waals surface area contributed by atoms with Crippen LogP contribution in [0, 0.1) is 5.92 Å². The lowest BCUT2D eigenvalue weighted by Crippen LogP contribution is -2.41. The molecule has 1 aliphatic carbocycles. The van der Waals surface area contributed by atoms with Crippen molar-refractivity contribution >= 4 is 0 Å². The van der Waals surface area contributed by atoms with Crippen molar-refractivity contribution in [2.45, 2.75) is 50.4 Å². The largest absolute Gasteiger partial charge is 0.393 e. The molecule has 3 heteroatoms. The Morgan fingerprint density at radius 2 is 2.15 bits per heavy atom. The topological polar surface area (TPSA) is 49.7 Å². The average molecular weight is 186 g/mol. The van der Waals surface area contributed by atoms with Gasteiger partial charge in [-0.15, -0.1) is 0 Å². The van der Waals surface area contributed by atoms with E-state index in [0.29, 0.717) is 5.92 Å². The van der Waals surface area contributed by atoms with Crippen LogP contribution in [0.3, 0.4) is 0 Å². The molecular weight excluding hydrogens is 168 g/mol.